The Hall–Kier alpha value is -1.00. The van der Waals surface area contributed by atoms with Crippen molar-refractivity contribution in [2.45, 2.75) is 43.9 Å². The normalized spacial score (nSPS) is 34.4. The van der Waals surface area contributed by atoms with Crippen LogP contribution >= 0.6 is 0 Å². The van der Waals surface area contributed by atoms with Crippen molar-refractivity contribution >= 4 is 0 Å². The van der Waals surface area contributed by atoms with E-state index in [0.29, 0.717) is 11.5 Å². The lowest BCUT2D eigenvalue weighted by Crippen LogP contribution is -2.59. The van der Waals surface area contributed by atoms with Crippen LogP contribution in [0.3, 0.4) is 0 Å². The molecule has 1 aromatic heterocycles. The fourth-order valence-corrected chi connectivity index (χ4v) is 1.95. The van der Waals surface area contributed by atoms with Crippen molar-refractivity contribution in [3.63, 3.8) is 0 Å². The Morgan fingerprint density at radius 3 is 2.30 bits per heavy atom. The second-order valence-corrected chi connectivity index (χ2v) is 4.53. The van der Waals surface area contributed by atoms with E-state index in [0.717, 1.165) is 0 Å². The second-order valence-electron chi connectivity index (χ2n) is 4.53. The third-order valence-electron chi connectivity index (χ3n) is 3.11. The van der Waals surface area contributed by atoms with Crippen LogP contribution in [0.4, 0.5) is 0 Å². The van der Waals surface area contributed by atoms with Gasteiger partial charge in [-0.15, -0.1) is 0 Å². The summed E-state index contributed by atoms with van der Waals surface area (Å²) in [6.07, 6.45) is -6.55. The second kappa shape index (κ2) is 6.64. The van der Waals surface area contributed by atoms with E-state index in [9.17, 15) is 15.3 Å². The molecule has 0 saturated carbocycles. The number of ether oxygens (including phenoxy) is 2. The van der Waals surface area contributed by atoms with Crippen LogP contribution in [0.1, 0.15) is 11.5 Å². The molecule has 1 aliphatic heterocycles. The minimum absolute atomic E-state index is 0.0529. The number of hydrogen-bond acceptors (Lipinski definition) is 8. The van der Waals surface area contributed by atoms with Gasteiger partial charge in [-0.2, -0.15) is 0 Å². The Morgan fingerprint density at radius 1 is 1.00 bits per heavy atom. The van der Waals surface area contributed by atoms with Gasteiger partial charge in [-0.1, -0.05) is 0 Å². The first-order valence-electron chi connectivity index (χ1n) is 6.17. The van der Waals surface area contributed by atoms with Crippen molar-refractivity contribution in [1.29, 1.82) is 0 Å². The van der Waals surface area contributed by atoms with E-state index in [2.05, 4.69) is 0 Å². The molecular formula is C12H18O8. The van der Waals surface area contributed by atoms with Crippen LogP contribution in [0.2, 0.25) is 0 Å². The summed E-state index contributed by atoms with van der Waals surface area (Å²) in [6.45, 7) is -0.803. The summed E-state index contributed by atoms with van der Waals surface area (Å²) in [5, 5.41) is 46.8. The molecule has 8 nitrogen and oxygen atoms in total. The van der Waals surface area contributed by atoms with Crippen molar-refractivity contribution < 1.29 is 39.4 Å². The van der Waals surface area contributed by atoms with Gasteiger partial charge in [0.25, 0.3) is 0 Å². The Bertz CT molecular complexity index is 417. The van der Waals surface area contributed by atoms with Gasteiger partial charge in [0.15, 0.2) is 6.29 Å². The number of rotatable bonds is 5. The van der Waals surface area contributed by atoms with Crippen LogP contribution in [-0.2, 0) is 22.7 Å². The highest BCUT2D eigenvalue weighted by molar-refractivity contribution is 5.05. The highest BCUT2D eigenvalue weighted by Crippen LogP contribution is 2.23. The van der Waals surface area contributed by atoms with Crippen molar-refractivity contribution in [2.75, 3.05) is 6.61 Å². The average molecular weight is 290 g/mol. The van der Waals surface area contributed by atoms with Gasteiger partial charge >= 0.3 is 0 Å². The van der Waals surface area contributed by atoms with Gasteiger partial charge in [0.05, 0.1) is 6.61 Å². The largest absolute Gasteiger partial charge is 0.461 e. The zero-order chi connectivity index (χ0) is 14.7. The fraction of sp³-hybridized carbons (Fsp3) is 0.667. The molecule has 0 amide bonds. The molecule has 1 aromatic rings. The Labute approximate surface area is 114 Å². The van der Waals surface area contributed by atoms with Crippen LogP contribution in [-0.4, -0.2) is 62.8 Å². The molecule has 8 heteroatoms. The Balaban J connectivity index is 1.94. The van der Waals surface area contributed by atoms with E-state index in [-0.39, 0.29) is 13.2 Å². The van der Waals surface area contributed by atoms with Crippen LogP contribution in [0.25, 0.3) is 0 Å². The van der Waals surface area contributed by atoms with Gasteiger partial charge in [0, 0.05) is 0 Å². The summed E-state index contributed by atoms with van der Waals surface area (Å²) in [4.78, 5) is 0. The molecule has 1 fully saturated rings. The zero-order valence-electron chi connectivity index (χ0n) is 10.6. The van der Waals surface area contributed by atoms with Gasteiger partial charge in [-0.25, -0.2) is 0 Å². The van der Waals surface area contributed by atoms with E-state index in [1.165, 1.54) is 0 Å². The average Bonchev–Trinajstić information content (AvgIpc) is 2.92. The predicted octanol–water partition coefficient (Wildman–Crippen LogP) is -1.91. The number of aliphatic hydroxyl groups is 5. The highest BCUT2D eigenvalue weighted by atomic mass is 16.7. The summed E-state index contributed by atoms with van der Waals surface area (Å²) < 4.78 is 15.6. The van der Waals surface area contributed by atoms with Crippen molar-refractivity contribution in [3.8, 4) is 0 Å². The minimum Gasteiger partial charge on any atom is -0.461 e. The first kappa shape index (κ1) is 15.4. The zero-order valence-corrected chi connectivity index (χ0v) is 10.6. The monoisotopic (exact) mass is 290 g/mol. The maximum Gasteiger partial charge on any atom is 0.187 e. The Morgan fingerprint density at radius 2 is 1.70 bits per heavy atom. The molecule has 2 heterocycles. The van der Waals surface area contributed by atoms with Gasteiger partial charge in [0.1, 0.15) is 49.2 Å². The van der Waals surface area contributed by atoms with Crippen LogP contribution in [0.15, 0.2) is 16.5 Å². The maximum atomic E-state index is 9.74. The smallest absolute Gasteiger partial charge is 0.187 e. The molecular weight excluding hydrogens is 272 g/mol. The summed E-state index contributed by atoms with van der Waals surface area (Å²) in [5.74, 6) is 0.781. The van der Waals surface area contributed by atoms with Crippen molar-refractivity contribution in [1.82, 2.24) is 0 Å². The summed E-state index contributed by atoms with van der Waals surface area (Å²) in [5.41, 5.74) is 0. The fourth-order valence-electron chi connectivity index (χ4n) is 1.95. The first-order chi connectivity index (χ1) is 9.56. The van der Waals surface area contributed by atoms with Crippen molar-refractivity contribution in [2.24, 2.45) is 0 Å². The van der Waals surface area contributed by atoms with E-state index in [4.69, 9.17) is 24.1 Å². The third-order valence-corrected chi connectivity index (χ3v) is 3.11. The van der Waals surface area contributed by atoms with E-state index >= 15 is 0 Å². The topological polar surface area (TPSA) is 133 Å². The number of aliphatic hydroxyl groups excluding tert-OH is 5. The molecule has 20 heavy (non-hydrogen) atoms. The molecule has 2 rings (SSSR count). The molecule has 5 N–H and O–H groups in total. The quantitative estimate of drug-likeness (QED) is 0.424. The van der Waals surface area contributed by atoms with E-state index in [1.807, 2.05) is 0 Å². The summed E-state index contributed by atoms with van der Waals surface area (Å²) in [6, 6.07) is 3.17. The van der Waals surface area contributed by atoms with Gasteiger partial charge in [-0.3, -0.25) is 0 Å². The molecule has 0 aliphatic carbocycles. The molecule has 5 atom stereocenters. The summed E-state index contributed by atoms with van der Waals surface area (Å²) >= 11 is 0. The molecule has 1 aliphatic rings. The van der Waals surface area contributed by atoms with Gasteiger partial charge < -0.3 is 39.4 Å². The molecule has 0 spiro atoms. The SMILES string of the molecule is OCc1ccc(CO[C@H]2O[C@H](CO)[C@@H](O)[C@H](O)[C@H]2O)o1. The van der Waals surface area contributed by atoms with Crippen LogP contribution in [0.5, 0.6) is 0 Å². The number of furan rings is 1. The standard InChI is InChI=1S/C12H18O8/c13-3-6-1-2-7(19-6)5-18-12-11(17)10(16)9(15)8(4-14)20-12/h1-2,8-17H,3-5H2/t8-,9-,10+,11-,12+/m1/s1. The molecule has 1 saturated heterocycles. The van der Waals surface area contributed by atoms with Crippen LogP contribution in [0, 0.1) is 0 Å². The molecule has 0 aromatic carbocycles. The summed E-state index contributed by atoms with van der Waals surface area (Å²) in [7, 11) is 0. The Kier molecular flexibility index (Phi) is 5.11. The van der Waals surface area contributed by atoms with Crippen molar-refractivity contribution in [3.05, 3.63) is 23.7 Å². The molecule has 0 radical (unpaired) electrons. The lowest BCUT2D eigenvalue weighted by atomic mass is 9.99. The lowest BCUT2D eigenvalue weighted by molar-refractivity contribution is -0.304. The molecule has 0 unspecified atom stereocenters. The molecule has 114 valence electrons. The first-order valence-corrected chi connectivity index (χ1v) is 6.17. The minimum atomic E-state index is -1.48. The van der Waals surface area contributed by atoms with E-state index < -0.39 is 37.3 Å². The molecule has 0 bridgehead atoms. The maximum absolute atomic E-state index is 9.74. The van der Waals surface area contributed by atoms with Gasteiger partial charge in [0.2, 0.25) is 0 Å². The third kappa shape index (κ3) is 3.18. The van der Waals surface area contributed by atoms with E-state index in [1.54, 1.807) is 12.1 Å². The lowest BCUT2D eigenvalue weighted by Gasteiger charge is -2.39. The number of hydrogen-bond donors (Lipinski definition) is 5. The predicted molar refractivity (Wildman–Crippen MR) is 63.2 cm³/mol. The highest BCUT2D eigenvalue weighted by Gasteiger charge is 2.44. The van der Waals surface area contributed by atoms with Gasteiger partial charge in [-0.05, 0) is 12.1 Å². The van der Waals surface area contributed by atoms with Crippen LogP contribution < -0.4 is 0 Å².